The molecule has 0 fully saturated rings. The van der Waals surface area contributed by atoms with Gasteiger partial charge in [0.15, 0.2) is 0 Å². The van der Waals surface area contributed by atoms with E-state index < -0.39 is 5.91 Å². The highest BCUT2D eigenvalue weighted by atomic mass is 79.9. The third kappa shape index (κ3) is 4.45. The second-order valence-corrected chi connectivity index (χ2v) is 2.89. The number of amides is 1. The van der Waals surface area contributed by atoms with E-state index in [9.17, 15) is 4.79 Å². The summed E-state index contributed by atoms with van der Waals surface area (Å²) < 4.78 is 0. The standard InChI is InChI=1S/C6H11BrNO/c1-5(6(8)9)3-2-4-7/h5,8H,2-4H2,1H3. The number of alkyl halides is 1. The Labute approximate surface area is 63.9 Å². The van der Waals surface area contributed by atoms with Crippen LogP contribution in [0, 0.1) is 5.92 Å². The first-order chi connectivity index (χ1) is 4.18. The largest absolute Gasteiger partial charge is 0.273 e. The zero-order valence-corrected chi connectivity index (χ0v) is 7.07. The van der Waals surface area contributed by atoms with Gasteiger partial charge in [0.1, 0.15) is 0 Å². The van der Waals surface area contributed by atoms with Crippen LogP contribution < -0.4 is 5.73 Å². The van der Waals surface area contributed by atoms with Crippen LogP contribution in [0.5, 0.6) is 0 Å². The van der Waals surface area contributed by atoms with E-state index >= 15 is 0 Å². The van der Waals surface area contributed by atoms with E-state index in [1.54, 1.807) is 6.92 Å². The highest BCUT2D eigenvalue weighted by Crippen LogP contribution is 2.05. The first kappa shape index (κ1) is 8.95. The molecule has 0 spiro atoms. The minimum Gasteiger partial charge on any atom is -0.273 e. The van der Waals surface area contributed by atoms with Crippen molar-refractivity contribution < 1.29 is 4.79 Å². The van der Waals surface area contributed by atoms with Crippen molar-refractivity contribution in [3.63, 3.8) is 0 Å². The maximum atomic E-state index is 10.3. The summed E-state index contributed by atoms with van der Waals surface area (Å²) >= 11 is 3.25. The number of carbonyl (C=O) groups is 1. The fourth-order valence-corrected chi connectivity index (χ4v) is 0.838. The van der Waals surface area contributed by atoms with Gasteiger partial charge in [-0.05, 0) is 12.8 Å². The molecule has 0 saturated carbocycles. The lowest BCUT2D eigenvalue weighted by molar-refractivity contribution is -0.122. The number of halogens is 1. The van der Waals surface area contributed by atoms with Crippen LogP contribution >= 0.6 is 15.9 Å². The van der Waals surface area contributed by atoms with Crippen molar-refractivity contribution in [1.82, 2.24) is 5.73 Å². The first-order valence-corrected chi connectivity index (χ1v) is 4.12. The van der Waals surface area contributed by atoms with Crippen molar-refractivity contribution in [3.8, 4) is 0 Å². The zero-order chi connectivity index (χ0) is 7.28. The van der Waals surface area contributed by atoms with Crippen LogP contribution in [0.1, 0.15) is 19.8 Å². The van der Waals surface area contributed by atoms with Gasteiger partial charge in [0.05, 0.1) is 0 Å². The van der Waals surface area contributed by atoms with Crippen LogP contribution in [0.4, 0.5) is 0 Å². The fraction of sp³-hybridized carbons (Fsp3) is 0.833. The third-order valence-electron chi connectivity index (χ3n) is 1.22. The Morgan fingerprint density at radius 1 is 1.78 bits per heavy atom. The number of carbonyl (C=O) groups excluding carboxylic acids is 1. The predicted octanol–water partition coefficient (Wildman–Crippen LogP) is 1.61. The molecule has 3 heteroatoms. The molecule has 2 nitrogen and oxygen atoms in total. The van der Waals surface area contributed by atoms with Gasteiger partial charge in [-0.1, -0.05) is 22.9 Å². The maximum absolute atomic E-state index is 10.3. The fourth-order valence-electron chi connectivity index (χ4n) is 0.514. The topological polar surface area (TPSA) is 40.9 Å². The molecule has 0 aliphatic carbocycles. The minimum absolute atomic E-state index is 0.0810. The highest BCUT2D eigenvalue weighted by molar-refractivity contribution is 9.09. The van der Waals surface area contributed by atoms with Gasteiger partial charge in [-0.25, -0.2) is 0 Å². The van der Waals surface area contributed by atoms with Crippen molar-refractivity contribution >= 4 is 21.8 Å². The van der Waals surface area contributed by atoms with Crippen LogP contribution in [0.15, 0.2) is 0 Å². The Bertz CT molecular complexity index is 95.1. The Hall–Kier alpha value is -0.0500. The van der Waals surface area contributed by atoms with Gasteiger partial charge >= 0.3 is 0 Å². The second kappa shape index (κ2) is 4.79. The molecule has 1 N–H and O–H groups in total. The average molecular weight is 193 g/mol. The van der Waals surface area contributed by atoms with E-state index in [1.165, 1.54) is 0 Å². The molecule has 0 aliphatic rings. The van der Waals surface area contributed by atoms with E-state index in [1.807, 2.05) is 0 Å². The summed E-state index contributed by atoms with van der Waals surface area (Å²) in [4.78, 5) is 10.3. The summed E-state index contributed by atoms with van der Waals surface area (Å²) in [6.45, 7) is 1.79. The van der Waals surface area contributed by atoms with E-state index in [2.05, 4.69) is 15.9 Å². The van der Waals surface area contributed by atoms with Crippen molar-refractivity contribution in [2.24, 2.45) is 5.92 Å². The van der Waals surface area contributed by atoms with Crippen LogP contribution in [0.2, 0.25) is 0 Å². The average Bonchev–Trinajstić information content (AvgIpc) is 1.82. The van der Waals surface area contributed by atoms with Gasteiger partial charge in [-0.3, -0.25) is 10.5 Å². The summed E-state index contributed by atoms with van der Waals surface area (Å²) in [5.74, 6) is -0.529. The Morgan fingerprint density at radius 2 is 2.33 bits per heavy atom. The Morgan fingerprint density at radius 3 is 2.67 bits per heavy atom. The van der Waals surface area contributed by atoms with Gasteiger partial charge < -0.3 is 0 Å². The lowest BCUT2D eigenvalue weighted by Crippen LogP contribution is -2.10. The molecule has 0 saturated heterocycles. The summed E-state index contributed by atoms with van der Waals surface area (Å²) in [6.07, 6.45) is 1.80. The van der Waals surface area contributed by atoms with Crippen molar-refractivity contribution in [1.29, 1.82) is 0 Å². The molecule has 0 aromatic rings. The molecule has 0 heterocycles. The second-order valence-electron chi connectivity index (χ2n) is 2.10. The molecule has 1 radical (unpaired) electrons. The highest BCUT2D eigenvalue weighted by Gasteiger charge is 2.07. The number of hydrogen-bond acceptors (Lipinski definition) is 1. The number of rotatable bonds is 4. The minimum atomic E-state index is -0.448. The van der Waals surface area contributed by atoms with Gasteiger partial charge in [0, 0.05) is 11.2 Å². The molecular formula is C6H11BrNO. The van der Waals surface area contributed by atoms with Gasteiger partial charge in [-0.15, -0.1) is 0 Å². The molecule has 1 amide bonds. The van der Waals surface area contributed by atoms with E-state index in [-0.39, 0.29) is 5.92 Å². The number of hydrogen-bond donors (Lipinski definition) is 0. The Balaban J connectivity index is 3.27. The third-order valence-corrected chi connectivity index (χ3v) is 1.78. The van der Waals surface area contributed by atoms with E-state index in [0.29, 0.717) is 0 Å². The molecule has 0 aromatic heterocycles. The van der Waals surface area contributed by atoms with Crippen molar-refractivity contribution in [2.75, 3.05) is 5.33 Å². The smallest absolute Gasteiger partial charge is 0.241 e. The summed E-state index contributed by atoms with van der Waals surface area (Å²) in [6, 6.07) is 0. The lowest BCUT2D eigenvalue weighted by Gasteiger charge is -2.01. The molecule has 0 aliphatic heterocycles. The monoisotopic (exact) mass is 192 g/mol. The van der Waals surface area contributed by atoms with Gasteiger partial charge in [0.2, 0.25) is 5.91 Å². The maximum Gasteiger partial charge on any atom is 0.241 e. The summed E-state index contributed by atoms with van der Waals surface area (Å²) in [5, 5.41) is 0.921. The van der Waals surface area contributed by atoms with Crippen molar-refractivity contribution in [3.05, 3.63) is 0 Å². The molecule has 0 aromatic carbocycles. The zero-order valence-electron chi connectivity index (χ0n) is 5.48. The molecule has 1 unspecified atom stereocenters. The molecule has 53 valence electrons. The summed E-state index contributed by atoms with van der Waals surface area (Å²) in [5.41, 5.74) is 6.71. The van der Waals surface area contributed by atoms with Crippen LogP contribution in [0.25, 0.3) is 0 Å². The van der Waals surface area contributed by atoms with Crippen LogP contribution in [0.3, 0.4) is 0 Å². The van der Waals surface area contributed by atoms with Crippen LogP contribution in [-0.2, 0) is 4.79 Å². The number of nitrogens with one attached hydrogen (secondary N) is 1. The SMILES string of the molecule is CC(CCCBr)C([NH])=O. The van der Waals surface area contributed by atoms with Crippen molar-refractivity contribution in [2.45, 2.75) is 19.8 Å². The summed E-state index contributed by atoms with van der Waals surface area (Å²) in [7, 11) is 0. The molecule has 1 atom stereocenters. The lowest BCUT2D eigenvalue weighted by atomic mass is 10.1. The van der Waals surface area contributed by atoms with E-state index in [0.717, 1.165) is 18.2 Å². The predicted molar refractivity (Wildman–Crippen MR) is 40.3 cm³/mol. The Kier molecular flexibility index (Phi) is 4.77. The molecule has 9 heavy (non-hydrogen) atoms. The first-order valence-electron chi connectivity index (χ1n) is 3.00. The molecular weight excluding hydrogens is 182 g/mol. The molecule has 0 rings (SSSR count). The van der Waals surface area contributed by atoms with Gasteiger partial charge in [-0.2, -0.15) is 0 Å². The normalized spacial score (nSPS) is 13.1. The molecule has 0 bridgehead atoms. The van der Waals surface area contributed by atoms with E-state index in [4.69, 9.17) is 5.73 Å². The van der Waals surface area contributed by atoms with Crippen LogP contribution in [-0.4, -0.2) is 11.2 Å². The van der Waals surface area contributed by atoms with Gasteiger partial charge in [0.25, 0.3) is 0 Å². The quantitative estimate of drug-likeness (QED) is 0.625.